The number of rotatable bonds is 5. The number of anilines is 1. The highest BCUT2D eigenvalue weighted by Gasteiger charge is 2.48. The third-order valence-electron chi connectivity index (χ3n) is 5.23. The van der Waals surface area contributed by atoms with E-state index in [0.29, 0.717) is 11.4 Å². The molecule has 1 amide bonds. The molecule has 0 saturated carbocycles. The number of ether oxygens (including phenoxy) is 1. The van der Waals surface area contributed by atoms with Crippen LogP contribution in [0.4, 0.5) is 10.1 Å². The van der Waals surface area contributed by atoms with Gasteiger partial charge in [0.25, 0.3) is 0 Å². The Morgan fingerprint density at radius 1 is 1.17 bits per heavy atom. The monoisotopic (exact) mass is 392 g/mol. The van der Waals surface area contributed by atoms with Gasteiger partial charge in [-0.15, -0.1) is 0 Å². The van der Waals surface area contributed by atoms with E-state index in [9.17, 15) is 14.3 Å². The van der Waals surface area contributed by atoms with Crippen LogP contribution < -0.4 is 5.32 Å². The lowest BCUT2D eigenvalue weighted by Crippen LogP contribution is -2.56. The van der Waals surface area contributed by atoms with Crippen molar-refractivity contribution in [1.82, 2.24) is 4.98 Å². The Morgan fingerprint density at radius 3 is 2.52 bits per heavy atom. The van der Waals surface area contributed by atoms with Crippen molar-refractivity contribution >= 4 is 11.6 Å². The third-order valence-corrected chi connectivity index (χ3v) is 5.23. The predicted octanol–water partition coefficient (Wildman–Crippen LogP) is 3.60. The zero-order valence-corrected chi connectivity index (χ0v) is 16.0. The number of nitrogens with one attached hydrogen (secondary N) is 1. The van der Waals surface area contributed by atoms with E-state index in [2.05, 4.69) is 10.3 Å². The maximum Gasteiger partial charge on any atom is 0.241 e. The van der Waals surface area contributed by atoms with Crippen LogP contribution in [0.5, 0.6) is 0 Å². The van der Waals surface area contributed by atoms with Crippen LogP contribution in [-0.2, 0) is 21.6 Å². The van der Waals surface area contributed by atoms with Crippen LogP contribution in [0.3, 0.4) is 0 Å². The van der Waals surface area contributed by atoms with Crippen LogP contribution in [0.25, 0.3) is 11.1 Å². The molecule has 148 valence electrons. The number of amides is 1. The molecule has 0 spiro atoms. The first-order valence-corrected chi connectivity index (χ1v) is 9.34. The Kier molecular flexibility index (Phi) is 5.13. The minimum absolute atomic E-state index is 0.0589. The van der Waals surface area contributed by atoms with Gasteiger partial charge in [0.1, 0.15) is 11.2 Å². The second-order valence-corrected chi connectivity index (χ2v) is 7.29. The molecule has 1 aromatic heterocycles. The molecule has 4 rings (SSSR count). The third kappa shape index (κ3) is 3.64. The number of aliphatic hydroxyl groups is 1. The minimum Gasteiger partial charge on any atom is -0.392 e. The van der Waals surface area contributed by atoms with Gasteiger partial charge in [-0.05, 0) is 48.4 Å². The van der Waals surface area contributed by atoms with Crippen molar-refractivity contribution in [3.8, 4) is 11.1 Å². The molecular weight excluding hydrogens is 371 g/mol. The zero-order valence-electron chi connectivity index (χ0n) is 16.0. The van der Waals surface area contributed by atoms with E-state index in [4.69, 9.17) is 4.74 Å². The van der Waals surface area contributed by atoms with Gasteiger partial charge in [0.2, 0.25) is 5.91 Å². The van der Waals surface area contributed by atoms with Crippen molar-refractivity contribution in [3.05, 3.63) is 83.4 Å². The molecule has 0 atom stereocenters. The molecule has 29 heavy (non-hydrogen) atoms. The first-order valence-electron chi connectivity index (χ1n) is 9.34. The highest BCUT2D eigenvalue weighted by Crippen LogP contribution is 2.34. The lowest BCUT2D eigenvalue weighted by Gasteiger charge is -2.39. The first-order chi connectivity index (χ1) is 14.0. The molecule has 3 aromatic rings. The Balaban J connectivity index is 1.60. The van der Waals surface area contributed by atoms with E-state index in [-0.39, 0.29) is 31.5 Å². The standard InChI is InChI=1S/C23H21FN2O3/c1-15-2-8-20(17(10-15)12-27)16-3-9-21(25-11-16)23(13-29-14-23)22(28)26-19-6-4-18(24)5-7-19/h2-11,27H,12-14H2,1H3,(H,26,28). The van der Waals surface area contributed by atoms with Crippen molar-refractivity contribution in [3.63, 3.8) is 0 Å². The summed E-state index contributed by atoms with van der Waals surface area (Å²) >= 11 is 0. The van der Waals surface area contributed by atoms with Crippen molar-refractivity contribution in [1.29, 1.82) is 0 Å². The van der Waals surface area contributed by atoms with Gasteiger partial charge in [0, 0.05) is 17.4 Å². The van der Waals surface area contributed by atoms with Crippen LogP contribution in [0, 0.1) is 12.7 Å². The Morgan fingerprint density at radius 2 is 1.93 bits per heavy atom. The molecule has 0 radical (unpaired) electrons. The Labute approximate surface area is 168 Å². The largest absolute Gasteiger partial charge is 0.392 e. The number of aromatic nitrogens is 1. The maximum atomic E-state index is 13.1. The molecule has 1 fully saturated rings. The smallest absolute Gasteiger partial charge is 0.241 e. The highest BCUT2D eigenvalue weighted by atomic mass is 19.1. The topological polar surface area (TPSA) is 71.5 Å². The number of pyridine rings is 1. The molecule has 0 bridgehead atoms. The van der Waals surface area contributed by atoms with Crippen LogP contribution in [-0.4, -0.2) is 29.2 Å². The van der Waals surface area contributed by atoms with E-state index in [1.165, 1.54) is 24.3 Å². The number of carbonyl (C=O) groups excluding carboxylic acids is 1. The molecule has 2 aromatic carbocycles. The van der Waals surface area contributed by atoms with E-state index in [1.54, 1.807) is 6.20 Å². The van der Waals surface area contributed by atoms with Crippen molar-refractivity contribution < 1.29 is 19.0 Å². The average molecular weight is 392 g/mol. The maximum absolute atomic E-state index is 13.1. The summed E-state index contributed by atoms with van der Waals surface area (Å²) in [6.07, 6.45) is 1.71. The number of halogens is 1. The lowest BCUT2D eigenvalue weighted by molar-refractivity contribution is -0.140. The van der Waals surface area contributed by atoms with Gasteiger partial charge in [-0.3, -0.25) is 9.78 Å². The van der Waals surface area contributed by atoms with Crippen LogP contribution in [0.2, 0.25) is 0 Å². The SMILES string of the molecule is Cc1ccc(-c2ccc(C3(C(=O)Nc4ccc(F)cc4)COC3)nc2)c(CO)c1. The summed E-state index contributed by atoms with van der Waals surface area (Å²) in [5.74, 6) is -0.595. The lowest BCUT2D eigenvalue weighted by atomic mass is 9.80. The zero-order chi connectivity index (χ0) is 20.4. The fraction of sp³-hybridized carbons (Fsp3) is 0.217. The summed E-state index contributed by atoms with van der Waals surface area (Å²) < 4.78 is 18.4. The molecule has 0 aliphatic carbocycles. The molecule has 2 N–H and O–H groups in total. The van der Waals surface area contributed by atoms with E-state index in [0.717, 1.165) is 22.3 Å². The summed E-state index contributed by atoms with van der Waals surface area (Å²) in [6, 6.07) is 15.2. The highest BCUT2D eigenvalue weighted by molar-refractivity contribution is 5.99. The second-order valence-electron chi connectivity index (χ2n) is 7.29. The van der Waals surface area contributed by atoms with E-state index >= 15 is 0 Å². The van der Waals surface area contributed by atoms with Crippen molar-refractivity contribution in [2.75, 3.05) is 18.5 Å². The number of benzene rings is 2. The number of hydrogen-bond acceptors (Lipinski definition) is 4. The summed E-state index contributed by atoms with van der Waals surface area (Å²) in [7, 11) is 0. The number of carbonyl (C=O) groups is 1. The number of aryl methyl sites for hydroxylation is 1. The summed E-state index contributed by atoms with van der Waals surface area (Å²) in [5, 5.41) is 12.5. The summed E-state index contributed by atoms with van der Waals surface area (Å²) in [6.45, 7) is 2.39. The van der Waals surface area contributed by atoms with Crippen molar-refractivity contribution in [2.45, 2.75) is 18.9 Å². The van der Waals surface area contributed by atoms with Gasteiger partial charge >= 0.3 is 0 Å². The molecule has 2 heterocycles. The normalized spacial score (nSPS) is 14.9. The molecule has 1 aliphatic heterocycles. The predicted molar refractivity (Wildman–Crippen MR) is 108 cm³/mol. The number of aliphatic hydroxyl groups excluding tert-OH is 1. The van der Waals surface area contributed by atoms with Crippen LogP contribution in [0.1, 0.15) is 16.8 Å². The quantitative estimate of drug-likeness (QED) is 0.696. The molecule has 1 saturated heterocycles. The fourth-order valence-corrected chi connectivity index (χ4v) is 3.46. The van der Waals surface area contributed by atoms with E-state index < -0.39 is 5.41 Å². The van der Waals surface area contributed by atoms with Crippen LogP contribution in [0.15, 0.2) is 60.8 Å². The molecule has 5 nitrogen and oxygen atoms in total. The minimum atomic E-state index is -0.875. The summed E-state index contributed by atoms with van der Waals surface area (Å²) in [5.41, 5.74) is 3.94. The number of nitrogens with zero attached hydrogens (tertiary/aromatic N) is 1. The van der Waals surface area contributed by atoms with Gasteiger partial charge in [-0.2, -0.15) is 0 Å². The Bertz CT molecular complexity index is 1030. The molecule has 1 aliphatic rings. The van der Waals surface area contributed by atoms with Gasteiger partial charge < -0.3 is 15.2 Å². The average Bonchev–Trinajstić information content (AvgIpc) is 2.69. The number of hydrogen-bond donors (Lipinski definition) is 2. The summed E-state index contributed by atoms with van der Waals surface area (Å²) in [4.78, 5) is 17.5. The van der Waals surface area contributed by atoms with Crippen molar-refractivity contribution in [2.24, 2.45) is 0 Å². The van der Waals surface area contributed by atoms with Crippen LogP contribution >= 0.6 is 0 Å². The molecular formula is C23H21FN2O3. The van der Waals surface area contributed by atoms with Gasteiger partial charge in [0.05, 0.1) is 25.5 Å². The first kappa shape index (κ1) is 19.2. The molecule has 6 heteroatoms. The van der Waals surface area contributed by atoms with Gasteiger partial charge in [0.15, 0.2) is 0 Å². The van der Waals surface area contributed by atoms with Gasteiger partial charge in [-0.1, -0.05) is 29.8 Å². The molecule has 0 unspecified atom stereocenters. The van der Waals surface area contributed by atoms with E-state index in [1.807, 2.05) is 37.3 Å². The fourth-order valence-electron chi connectivity index (χ4n) is 3.46. The second kappa shape index (κ2) is 7.73. The Hall–Kier alpha value is -3.09. The van der Waals surface area contributed by atoms with Gasteiger partial charge in [-0.25, -0.2) is 4.39 Å².